The third kappa shape index (κ3) is 5.03. The first kappa shape index (κ1) is 25.6. The number of benzene rings is 1. The maximum Gasteiger partial charge on any atom is 0.247 e. The average molecular weight is 551 g/mol. The fourth-order valence-electron chi connectivity index (χ4n) is 5.64. The van der Waals surface area contributed by atoms with Crippen LogP contribution in [0.3, 0.4) is 0 Å². The molecule has 0 amide bonds. The van der Waals surface area contributed by atoms with Crippen LogP contribution in [0, 0.1) is 28.6 Å². The molecular weight excluding hydrogens is 523 g/mol. The molecule has 3 aliphatic rings. The molecule has 2 saturated heterocycles. The smallest absolute Gasteiger partial charge is 0.247 e. The molecule has 3 N–H and O–H groups in total. The Hall–Kier alpha value is -3.71. The zero-order valence-corrected chi connectivity index (χ0v) is 21.9. The average Bonchev–Trinajstić information content (AvgIpc) is 3.53. The lowest BCUT2D eigenvalue weighted by Crippen LogP contribution is -2.50. The number of alkyl halides is 1. The molecule has 11 nitrogen and oxygen atoms in total. The van der Waals surface area contributed by atoms with Crippen molar-refractivity contribution in [1.29, 1.82) is 10.5 Å². The van der Waals surface area contributed by atoms with Crippen molar-refractivity contribution in [3.8, 4) is 12.1 Å². The van der Waals surface area contributed by atoms with Crippen LogP contribution in [0.4, 0.5) is 27.5 Å². The number of fused-ring (bicyclic) bond motifs is 2. The van der Waals surface area contributed by atoms with Crippen molar-refractivity contribution < 1.29 is 9.50 Å². The number of anilines is 4. The third-order valence-electron chi connectivity index (χ3n) is 7.77. The highest BCUT2D eigenvalue weighted by atomic mass is 35.5. The van der Waals surface area contributed by atoms with Crippen molar-refractivity contribution in [2.75, 3.05) is 48.4 Å². The standard InChI is InChI=1S/C26H28ClFN10O/c27-23-20(33-26-34-24(32-17-1-2-17)25-31-12-18(11-30)38(25)35-26)7-15(10-29)8-21(23)37-6-4-16-3-5-36(22(16)14-37)13-19(39)9-28/h7-8,12,16-17,19,22,39H,1-6,9,13-14H2,(H2,32,33,34,35). The van der Waals surface area contributed by atoms with Crippen LogP contribution in [0.25, 0.3) is 5.65 Å². The zero-order chi connectivity index (χ0) is 27.1. The predicted molar refractivity (Wildman–Crippen MR) is 144 cm³/mol. The van der Waals surface area contributed by atoms with Crippen molar-refractivity contribution in [3.05, 3.63) is 34.6 Å². The van der Waals surface area contributed by atoms with Crippen LogP contribution in [0.1, 0.15) is 36.9 Å². The Bertz CT molecular complexity index is 1480. The van der Waals surface area contributed by atoms with Crippen molar-refractivity contribution in [1.82, 2.24) is 24.5 Å². The van der Waals surface area contributed by atoms with Crippen molar-refractivity contribution in [2.24, 2.45) is 5.92 Å². The first-order chi connectivity index (χ1) is 19.0. The maximum atomic E-state index is 13.0. The predicted octanol–water partition coefficient (Wildman–Crippen LogP) is 3.07. The molecule has 1 aliphatic carbocycles. The molecule has 0 bridgehead atoms. The summed E-state index contributed by atoms with van der Waals surface area (Å²) < 4.78 is 14.4. The minimum absolute atomic E-state index is 0.172. The number of nitrogens with zero attached hydrogens (tertiary/aromatic N) is 8. The van der Waals surface area contributed by atoms with Gasteiger partial charge in [0.1, 0.15) is 12.7 Å². The minimum atomic E-state index is -0.992. The van der Waals surface area contributed by atoms with E-state index in [9.17, 15) is 20.0 Å². The number of nitrogens with one attached hydrogen (secondary N) is 2. The fraction of sp³-hybridized carbons (Fsp3) is 0.500. The van der Waals surface area contributed by atoms with Gasteiger partial charge < -0.3 is 20.6 Å². The van der Waals surface area contributed by atoms with Gasteiger partial charge in [-0.15, -0.1) is 5.10 Å². The van der Waals surface area contributed by atoms with E-state index in [0.717, 1.165) is 38.8 Å². The Balaban J connectivity index is 1.31. The molecule has 3 aromatic rings. The van der Waals surface area contributed by atoms with Gasteiger partial charge in [-0.3, -0.25) is 4.90 Å². The topological polar surface area (TPSA) is 141 Å². The molecule has 3 fully saturated rings. The quantitative estimate of drug-likeness (QED) is 0.383. The van der Waals surface area contributed by atoms with Gasteiger partial charge in [0.05, 0.1) is 40.3 Å². The summed E-state index contributed by atoms with van der Waals surface area (Å²) in [6.45, 7) is 1.81. The summed E-state index contributed by atoms with van der Waals surface area (Å²) >= 11 is 6.94. The SMILES string of the molecule is N#Cc1cc(Nc2nc(NC3CC3)c3ncc(C#N)n3n2)c(Cl)c(N2CCC3CCN(CC(O)CF)C3C2)c1. The molecule has 0 radical (unpaired) electrons. The van der Waals surface area contributed by atoms with Crippen LogP contribution in [-0.2, 0) is 0 Å². The molecule has 6 rings (SSSR count). The normalized spacial score (nSPS) is 21.8. The Morgan fingerprint density at radius 2 is 2.00 bits per heavy atom. The molecular formula is C26H28ClFN10O. The maximum absolute atomic E-state index is 13.0. The van der Waals surface area contributed by atoms with Gasteiger partial charge >= 0.3 is 0 Å². The Morgan fingerprint density at radius 3 is 2.74 bits per heavy atom. The van der Waals surface area contributed by atoms with Crippen LogP contribution in [0.2, 0.25) is 5.02 Å². The zero-order valence-electron chi connectivity index (χ0n) is 21.2. The van der Waals surface area contributed by atoms with Crippen LogP contribution in [0.5, 0.6) is 0 Å². The second-order valence-electron chi connectivity index (χ2n) is 10.4. The number of aliphatic hydroxyl groups excluding tert-OH is 1. The number of aromatic nitrogens is 4. The molecule has 2 aromatic heterocycles. The van der Waals surface area contributed by atoms with Gasteiger partial charge in [0.2, 0.25) is 5.95 Å². The van der Waals surface area contributed by atoms with Gasteiger partial charge in [0, 0.05) is 31.7 Å². The Labute approximate surface area is 229 Å². The van der Waals surface area contributed by atoms with Crippen LogP contribution >= 0.6 is 11.6 Å². The highest BCUT2D eigenvalue weighted by molar-refractivity contribution is 6.36. The number of nitriles is 2. The number of aliphatic hydroxyl groups is 1. The van der Waals surface area contributed by atoms with E-state index in [1.54, 1.807) is 12.1 Å². The minimum Gasteiger partial charge on any atom is -0.389 e. The fourth-order valence-corrected chi connectivity index (χ4v) is 5.91. The molecule has 1 aromatic carbocycles. The van der Waals surface area contributed by atoms with E-state index >= 15 is 0 Å². The lowest BCUT2D eigenvalue weighted by atomic mass is 9.91. The molecule has 3 atom stereocenters. The van der Waals surface area contributed by atoms with Crippen LogP contribution < -0.4 is 15.5 Å². The first-order valence-corrected chi connectivity index (χ1v) is 13.5. The van der Waals surface area contributed by atoms with E-state index in [1.807, 2.05) is 0 Å². The first-order valence-electron chi connectivity index (χ1n) is 13.1. The monoisotopic (exact) mass is 550 g/mol. The Morgan fingerprint density at radius 1 is 1.18 bits per heavy atom. The van der Waals surface area contributed by atoms with Crippen molar-refractivity contribution in [3.63, 3.8) is 0 Å². The van der Waals surface area contributed by atoms with Gasteiger partial charge in [-0.25, -0.2) is 9.37 Å². The van der Waals surface area contributed by atoms with E-state index in [-0.39, 0.29) is 17.7 Å². The molecule has 3 unspecified atom stereocenters. The number of rotatable bonds is 8. The number of halogens is 2. The van der Waals surface area contributed by atoms with E-state index < -0.39 is 12.8 Å². The van der Waals surface area contributed by atoms with Gasteiger partial charge in [0.25, 0.3) is 0 Å². The van der Waals surface area contributed by atoms with E-state index in [0.29, 0.717) is 58.5 Å². The highest BCUT2D eigenvalue weighted by Gasteiger charge is 2.39. The highest BCUT2D eigenvalue weighted by Crippen LogP contribution is 2.40. The van der Waals surface area contributed by atoms with E-state index in [2.05, 4.69) is 47.6 Å². The largest absolute Gasteiger partial charge is 0.389 e. The van der Waals surface area contributed by atoms with Crippen LogP contribution in [-0.4, -0.2) is 80.6 Å². The van der Waals surface area contributed by atoms with Gasteiger partial charge in [-0.05, 0) is 50.3 Å². The van der Waals surface area contributed by atoms with Gasteiger partial charge in [0.15, 0.2) is 17.2 Å². The molecule has 4 heterocycles. The number of hydrogen-bond acceptors (Lipinski definition) is 10. The van der Waals surface area contributed by atoms with Gasteiger partial charge in [-0.1, -0.05) is 11.6 Å². The number of hydrogen-bond donors (Lipinski definition) is 3. The summed E-state index contributed by atoms with van der Waals surface area (Å²) in [4.78, 5) is 13.2. The number of likely N-dealkylation sites (tertiary alicyclic amines) is 1. The summed E-state index contributed by atoms with van der Waals surface area (Å²) in [5.41, 5.74) is 2.34. The molecule has 1 saturated carbocycles. The molecule has 0 spiro atoms. The summed E-state index contributed by atoms with van der Waals surface area (Å²) in [7, 11) is 0. The lowest BCUT2D eigenvalue weighted by molar-refractivity contribution is 0.0778. The summed E-state index contributed by atoms with van der Waals surface area (Å²) in [5.74, 6) is 1.21. The summed E-state index contributed by atoms with van der Waals surface area (Å²) in [5, 5.41) is 40.6. The van der Waals surface area contributed by atoms with E-state index in [4.69, 9.17) is 11.6 Å². The molecule has 2 aliphatic heterocycles. The lowest BCUT2D eigenvalue weighted by Gasteiger charge is -2.40. The second-order valence-corrected chi connectivity index (χ2v) is 10.8. The molecule has 39 heavy (non-hydrogen) atoms. The number of imidazole rings is 1. The van der Waals surface area contributed by atoms with E-state index in [1.165, 1.54) is 10.7 Å². The summed E-state index contributed by atoms with van der Waals surface area (Å²) in [6.07, 6.45) is 4.49. The van der Waals surface area contributed by atoms with Crippen molar-refractivity contribution >= 4 is 40.4 Å². The number of piperidine rings is 1. The second kappa shape index (κ2) is 10.5. The molecule has 202 valence electrons. The third-order valence-corrected chi connectivity index (χ3v) is 8.16. The van der Waals surface area contributed by atoms with Crippen molar-refractivity contribution in [2.45, 2.75) is 43.9 Å². The van der Waals surface area contributed by atoms with Crippen LogP contribution in [0.15, 0.2) is 18.3 Å². The number of β-amino-alcohol motifs (C(OH)–C–C–N with tert-alkyl or cyclic N) is 1. The molecule has 13 heteroatoms. The summed E-state index contributed by atoms with van der Waals surface area (Å²) in [6, 6.07) is 8.21. The Kier molecular flexibility index (Phi) is 6.85. The van der Waals surface area contributed by atoms with Gasteiger partial charge in [-0.2, -0.15) is 20.0 Å².